The minimum atomic E-state index is 0.602. The Bertz CT molecular complexity index is 910. The van der Waals surface area contributed by atoms with E-state index in [9.17, 15) is 0 Å². The van der Waals surface area contributed by atoms with Crippen LogP contribution in [0.25, 0.3) is 5.69 Å². The van der Waals surface area contributed by atoms with E-state index in [2.05, 4.69) is 64.2 Å². The molecule has 6 heteroatoms. The molecule has 2 aromatic carbocycles. The van der Waals surface area contributed by atoms with Crippen LogP contribution in [0, 0.1) is 6.92 Å². The van der Waals surface area contributed by atoms with Crippen molar-refractivity contribution in [2.75, 3.05) is 36.4 Å². The molecule has 28 heavy (non-hydrogen) atoms. The minimum absolute atomic E-state index is 0.602. The molecule has 1 aliphatic heterocycles. The van der Waals surface area contributed by atoms with E-state index < -0.39 is 0 Å². The van der Waals surface area contributed by atoms with Crippen LogP contribution in [0.5, 0.6) is 0 Å². The van der Waals surface area contributed by atoms with Gasteiger partial charge in [0.05, 0.1) is 5.69 Å². The number of nitrogens with one attached hydrogen (secondary N) is 1. The normalized spacial score (nSPS) is 15.2. The van der Waals surface area contributed by atoms with E-state index in [-0.39, 0.29) is 0 Å². The van der Waals surface area contributed by atoms with Gasteiger partial charge in [-0.05, 0) is 56.7 Å². The predicted octanol–water partition coefficient (Wildman–Crippen LogP) is 3.85. The highest BCUT2D eigenvalue weighted by Gasteiger charge is 2.19. The fraction of sp³-hybridized carbons (Fsp3) is 0.364. The molecule has 0 unspecified atom stereocenters. The zero-order chi connectivity index (χ0) is 19.5. The van der Waals surface area contributed by atoms with Crippen LogP contribution in [0.2, 0.25) is 0 Å². The standard InChI is InChI=1S/C22H28N6/c1-17(2)26-9-11-27(12-10-26)21-14-18(3)13-19(15-21)24-22-23-16-28(25-22)20-7-5-4-6-8-20/h4-8,13-17H,9-12H2,1-3H3,(H,24,25). The molecule has 0 radical (unpaired) electrons. The first-order valence-corrected chi connectivity index (χ1v) is 9.93. The van der Waals surface area contributed by atoms with E-state index in [1.807, 2.05) is 30.3 Å². The van der Waals surface area contributed by atoms with Gasteiger partial charge in [-0.15, -0.1) is 5.10 Å². The van der Waals surface area contributed by atoms with Gasteiger partial charge in [-0.25, -0.2) is 4.68 Å². The molecule has 0 spiro atoms. The molecule has 0 atom stereocenters. The zero-order valence-corrected chi connectivity index (χ0v) is 16.8. The lowest BCUT2D eigenvalue weighted by Gasteiger charge is -2.38. The topological polar surface area (TPSA) is 49.2 Å². The minimum Gasteiger partial charge on any atom is -0.369 e. The van der Waals surface area contributed by atoms with Crippen molar-refractivity contribution >= 4 is 17.3 Å². The highest BCUT2D eigenvalue weighted by atomic mass is 15.4. The summed E-state index contributed by atoms with van der Waals surface area (Å²) in [6, 6.07) is 17.2. The summed E-state index contributed by atoms with van der Waals surface area (Å²) in [6.07, 6.45) is 1.74. The third-order valence-electron chi connectivity index (χ3n) is 5.24. The van der Waals surface area contributed by atoms with Gasteiger partial charge in [0.15, 0.2) is 0 Å². The summed E-state index contributed by atoms with van der Waals surface area (Å²) in [7, 11) is 0. The Morgan fingerprint density at radius 1 is 0.929 bits per heavy atom. The number of nitrogens with zero attached hydrogens (tertiary/aromatic N) is 5. The Hall–Kier alpha value is -2.86. The highest BCUT2D eigenvalue weighted by molar-refractivity contribution is 5.64. The van der Waals surface area contributed by atoms with Crippen LogP contribution < -0.4 is 10.2 Å². The maximum absolute atomic E-state index is 4.55. The van der Waals surface area contributed by atoms with Crippen molar-refractivity contribution in [3.05, 3.63) is 60.4 Å². The van der Waals surface area contributed by atoms with Gasteiger partial charge >= 0.3 is 0 Å². The number of anilines is 3. The van der Waals surface area contributed by atoms with Crippen molar-refractivity contribution in [1.29, 1.82) is 0 Å². The van der Waals surface area contributed by atoms with Crippen molar-refractivity contribution in [3.63, 3.8) is 0 Å². The maximum atomic E-state index is 4.55. The SMILES string of the molecule is Cc1cc(Nc2ncn(-c3ccccc3)n2)cc(N2CCN(C(C)C)CC2)c1. The summed E-state index contributed by atoms with van der Waals surface area (Å²) in [6.45, 7) is 11.0. The summed E-state index contributed by atoms with van der Waals surface area (Å²) in [5, 5.41) is 7.91. The highest BCUT2D eigenvalue weighted by Crippen LogP contribution is 2.25. The number of hydrogen-bond acceptors (Lipinski definition) is 5. The number of rotatable bonds is 5. The van der Waals surface area contributed by atoms with Crippen molar-refractivity contribution in [2.24, 2.45) is 0 Å². The fourth-order valence-corrected chi connectivity index (χ4v) is 3.67. The molecule has 6 nitrogen and oxygen atoms in total. The summed E-state index contributed by atoms with van der Waals surface area (Å²) in [4.78, 5) is 9.41. The summed E-state index contributed by atoms with van der Waals surface area (Å²) in [5.74, 6) is 0.602. The van der Waals surface area contributed by atoms with E-state index in [1.165, 1.54) is 11.3 Å². The molecule has 3 aromatic rings. The first kappa shape index (κ1) is 18.5. The molecule has 1 fully saturated rings. The number of aryl methyl sites for hydroxylation is 1. The van der Waals surface area contributed by atoms with Crippen LogP contribution in [-0.4, -0.2) is 51.9 Å². The lowest BCUT2D eigenvalue weighted by molar-refractivity contribution is 0.209. The number of benzene rings is 2. The Morgan fingerprint density at radius 2 is 1.68 bits per heavy atom. The zero-order valence-electron chi connectivity index (χ0n) is 16.8. The number of aromatic nitrogens is 3. The van der Waals surface area contributed by atoms with Gasteiger partial charge in [-0.3, -0.25) is 4.90 Å². The Labute approximate surface area is 166 Å². The molecule has 1 saturated heterocycles. The fourth-order valence-electron chi connectivity index (χ4n) is 3.67. The van der Waals surface area contributed by atoms with Gasteiger partial charge in [0.25, 0.3) is 0 Å². The van der Waals surface area contributed by atoms with Crippen LogP contribution >= 0.6 is 0 Å². The van der Waals surface area contributed by atoms with Gasteiger partial charge in [0, 0.05) is 43.6 Å². The Kier molecular flexibility index (Phi) is 5.30. The van der Waals surface area contributed by atoms with Gasteiger partial charge in [-0.2, -0.15) is 4.98 Å². The molecular weight excluding hydrogens is 348 g/mol. The maximum Gasteiger partial charge on any atom is 0.246 e. The number of hydrogen-bond donors (Lipinski definition) is 1. The van der Waals surface area contributed by atoms with Crippen LogP contribution in [0.15, 0.2) is 54.9 Å². The van der Waals surface area contributed by atoms with Gasteiger partial charge in [0.1, 0.15) is 6.33 Å². The number of para-hydroxylation sites is 1. The lowest BCUT2D eigenvalue weighted by Crippen LogP contribution is -2.48. The average molecular weight is 377 g/mol. The second-order valence-corrected chi connectivity index (χ2v) is 7.65. The lowest BCUT2D eigenvalue weighted by atomic mass is 10.1. The second-order valence-electron chi connectivity index (χ2n) is 7.65. The van der Waals surface area contributed by atoms with Crippen molar-refractivity contribution in [2.45, 2.75) is 26.8 Å². The molecule has 4 rings (SSSR count). The molecule has 1 aliphatic rings. The van der Waals surface area contributed by atoms with E-state index in [4.69, 9.17) is 0 Å². The molecule has 1 aromatic heterocycles. The van der Waals surface area contributed by atoms with Crippen LogP contribution in [-0.2, 0) is 0 Å². The number of piperazine rings is 1. The van der Waals surface area contributed by atoms with Crippen LogP contribution in [0.4, 0.5) is 17.3 Å². The van der Waals surface area contributed by atoms with Crippen molar-refractivity contribution in [1.82, 2.24) is 19.7 Å². The Balaban J connectivity index is 1.48. The second kappa shape index (κ2) is 8.02. The van der Waals surface area contributed by atoms with Gasteiger partial charge in [0.2, 0.25) is 5.95 Å². The average Bonchev–Trinajstić information content (AvgIpc) is 3.17. The molecule has 1 N–H and O–H groups in total. The third-order valence-corrected chi connectivity index (χ3v) is 5.24. The molecule has 2 heterocycles. The van der Waals surface area contributed by atoms with E-state index in [0.29, 0.717) is 12.0 Å². The molecule has 0 bridgehead atoms. The van der Waals surface area contributed by atoms with Gasteiger partial charge < -0.3 is 10.2 Å². The summed E-state index contributed by atoms with van der Waals surface area (Å²) in [5.41, 5.74) is 4.50. The predicted molar refractivity (Wildman–Crippen MR) is 115 cm³/mol. The van der Waals surface area contributed by atoms with Crippen molar-refractivity contribution in [3.8, 4) is 5.69 Å². The van der Waals surface area contributed by atoms with E-state index >= 15 is 0 Å². The largest absolute Gasteiger partial charge is 0.369 e. The molecule has 0 amide bonds. The van der Waals surface area contributed by atoms with Crippen LogP contribution in [0.1, 0.15) is 19.4 Å². The third kappa shape index (κ3) is 4.17. The molecule has 0 saturated carbocycles. The summed E-state index contributed by atoms with van der Waals surface area (Å²) >= 11 is 0. The van der Waals surface area contributed by atoms with E-state index in [0.717, 1.165) is 37.6 Å². The first-order valence-electron chi connectivity index (χ1n) is 9.93. The van der Waals surface area contributed by atoms with E-state index in [1.54, 1.807) is 11.0 Å². The Morgan fingerprint density at radius 3 is 2.39 bits per heavy atom. The van der Waals surface area contributed by atoms with Crippen LogP contribution in [0.3, 0.4) is 0 Å². The monoisotopic (exact) mass is 376 g/mol. The van der Waals surface area contributed by atoms with Crippen molar-refractivity contribution < 1.29 is 0 Å². The molecule has 0 aliphatic carbocycles. The van der Waals surface area contributed by atoms with Gasteiger partial charge in [-0.1, -0.05) is 18.2 Å². The smallest absolute Gasteiger partial charge is 0.246 e. The first-order chi connectivity index (χ1) is 13.6. The quantitative estimate of drug-likeness (QED) is 0.733. The molecular formula is C22H28N6. The molecule has 146 valence electrons. The summed E-state index contributed by atoms with van der Waals surface area (Å²) < 4.78 is 1.78.